The molecule has 4 aromatic rings. The van der Waals surface area contributed by atoms with Crippen LogP contribution in [0.2, 0.25) is 0 Å². The molecule has 3 aromatic carbocycles. The molecule has 2 atom stereocenters. The maximum atomic E-state index is 6.15. The Morgan fingerprint density at radius 2 is 1.75 bits per heavy atom. The zero-order valence-electron chi connectivity index (χ0n) is 16.0. The van der Waals surface area contributed by atoms with Gasteiger partial charge in [-0.25, -0.2) is 0 Å². The summed E-state index contributed by atoms with van der Waals surface area (Å²) in [5.41, 5.74) is 7.67. The number of aromatic nitrogens is 1. The summed E-state index contributed by atoms with van der Waals surface area (Å²) in [6, 6.07) is 21.9. The fraction of sp³-hybridized carbons (Fsp3) is 0.154. The van der Waals surface area contributed by atoms with Crippen LogP contribution >= 0.6 is 0 Å². The minimum Gasteiger partial charge on any atom is -0.485 e. The number of para-hydroxylation sites is 1. The van der Waals surface area contributed by atoms with Crippen molar-refractivity contribution in [1.29, 1.82) is 0 Å². The molecule has 0 fully saturated rings. The molecule has 0 N–H and O–H groups in total. The van der Waals surface area contributed by atoms with Crippen molar-refractivity contribution < 1.29 is 4.74 Å². The minimum absolute atomic E-state index is 0.113. The molecule has 0 amide bonds. The molecule has 2 nitrogen and oxygen atoms in total. The second kappa shape index (κ2) is 5.62. The van der Waals surface area contributed by atoms with E-state index in [1.165, 1.54) is 44.1 Å². The molecule has 2 heteroatoms. The van der Waals surface area contributed by atoms with Crippen LogP contribution in [0.15, 0.2) is 78.9 Å². The molecule has 136 valence electrons. The summed E-state index contributed by atoms with van der Waals surface area (Å²) in [6.07, 6.45) is 6.92. The standard InChI is InChI=1S/C26H21NO/c1-16-7-11-25-21(13-16)22-15-18(9-12-26(22)28-25)17-8-10-24-20(14-17)19-5-3-4-6-23(19)27(24)2/h3-15,22,26H,1-2H3. The van der Waals surface area contributed by atoms with Gasteiger partial charge in [-0.05, 0) is 48.4 Å². The van der Waals surface area contributed by atoms with E-state index < -0.39 is 0 Å². The van der Waals surface area contributed by atoms with E-state index >= 15 is 0 Å². The maximum absolute atomic E-state index is 6.15. The first-order valence-electron chi connectivity index (χ1n) is 9.84. The lowest BCUT2D eigenvalue weighted by atomic mass is 9.86. The highest BCUT2D eigenvalue weighted by molar-refractivity contribution is 6.09. The highest BCUT2D eigenvalue weighted by Gasteiger charge is 2.33. The Morgan fingerprint density at radius 3 is 2.68 bits per heavy atom. The Hall–Kier alpha value is -3.26. The van der Waals surface area contributed by atoms with Crippen LogP contribution in [0, 0.1) is 6.92 Å². The van der Waals surface area contributed by atoms with E-state index in [0.717, 1.165) is 5.75 Å². The second-order valence-corrected chi connectivity index (χ2v) is 7.94. The molecule has 28 heavy (non-hydrogen) atoms. The van der Waals surface area contributed by atoms with E-state index in [0.29, 0.717) is 0 Å². The Balaban J connectivity index is 1.50. The van der Waals surface area contributed by atoms with Crippen LogP contribution in [0.4, 0.5) is 0 Å². The van der Waals surface area contributed by atoms with Crippen LogP contribution in [-0.2, 0) is 7.05 Å². The van der Waals surface area contributed by atoms with E-state index in [1.54, 1.807) is 0 Å². The summed E-state index contributed by atoms with van der Waals surface area (Å²) in [5, 5.41) is 2.62. The third-order valence-corrected chi connectivity index (χ3v) is 6.21. The van der Waals surface area contributed by atoms with Crippen LogP contribution in [0.5, 0.6) is 5.75 Å². The van der Waals surface area contributed by atoms with E-state index in [1.807, 2.05) is 0 Å². The molecule has 2 aliphatic rings. The molecule has 0 saturated heterocycles. The van der Waals surface area contributed by atoms with Gasteiger partial charge in [0.1, 0.15) is 11.9 Å². The van der Waals surface area contributed by atoms with Gasteiger partial charge in [0.05, 0.1) is 0 Å². The third kappa shape index (κ3) is 2.15. The fourth-order valence-corrected chi connectivity index (χ4v) is 4.76. The van der Waals surface area contributed by atoms with Crippen molar-refractivity contribution in [2.45, 2.75) is 18.9 Å². The van der Waals surface area contributed by atoms with Crippen molar-refractivity contribution in [3.63, 3.8) is 0 Å². The zero-order chi connectivity index (χ0) is 18.8. The summed E-state index contributed by atoms with van der Waals surface area (Å²) in [6.45, 7) is 2.14. The molecule has 2 unspecified atom stereocenters. The predicted molar refractivity (Wildman–Crippen MR) is 116 cm³/mol. The van der Waals surface area contributed by atoms with Gasteiger partial charge in [0.25, 0.3) is 0 Å². The first-order chi connectivity index (χ1) is 13.7. The molecule has 1 aliphatic heterocycles. The summed E-state index contributed by atoms with van der Waals surface area (Å²) >= 11 is 0. The molecular formula is C26H21NO. The van der Waals surface area contributed by atoms with Gasteiger partial charge in [-0.3, -0.25) is 0 Å². The van der Waals surface area contributed by atoms with Gasteiger partial charge in [-0.1, -0.05) is 54.1 Å². The minimum atomic E-state index is 0.113. The highest BCUT2D eigenvalue weighted by Crippen LogP contribution is 2.44. The third-order valence-electron chi connectivity index (χ3n) is 6.21. The van der Waals surface area contributed by atoms with E-state index in [-0.39, 0.29) is 12.0 Å². The number of ether oxygens (including phenoxy) is 1. The first kappa shape index (κ1) is 15.8. The largest absolute Gasteiger partial charge is 0.485 e. The first-order valence-corrected chi connectivity index (χ1v) is 9.84. The fourth-order valence-electron chi connectivity index (χ4n) is 4.76. The molecule has 2 heterocycles. The monoisotopic (exact) mass is 363 g/mol. The number of hydrogen-bond donors (Lipinski definition) is 0. The van der Waals surface area contributed by atoms with Gasteiger partial charge >= 0.3 is 0 Å². The van der Waals surface area contributed by atoms with Gasteiger partial charge in [-0.2, -0.15) is 0 Å². The van der Waals surface area contributed by atoms with Gasteiger partial charge in [0, 0.05) is 40.3 Å². The van der Waals surface area contributed by atoms with Crippen molar-refractivity contribution in [2.75, 3.05) is 0 Å². The lowest BCUT2D eigenvalue weighted by Crippen LogP contribution is -2.16. The van der Waals surface area contributed by atoms with E-state index in [9.17, 15) is 0 Å². The van der Waals surface area contributed by atoms with Crippen molar-refractivity contribution >= 4 is 27.4 Å². The normalized spacial score (nSPS) is 20.1. The number of benzene rings is 3. The van der Waals surface area contributed by atoms with Crippen LogP contribution in [-0.4, -0.2) is 10.7 Å². The van der Waals surface area contributed by atoms with Crippen molar-refractivity contribution in [3.8, 4) is 5.75 Å². The number of allylic oxidation sites excluding steroid dienone is 2. The lowest BCUT2D eigenvalue weighted by molar-refractivity contribution is 0.269. The Bertz CT molecular complexity index is 1320. The SMILES string of the molecule is Cc1ccc2c(c1)C1C=C(c3ccc4c(c3)c3ccccc3n4C)C=CC1O2. The summed E-state index contributed by atoms with van der Waals surface area (Å²) in [7, 11) is 2.14. The van der Waals surface area contributed by atoms with E-state index in [4.69, 9.17) is 4.74 Å². The molecule has 0 saturated carbocycles. The van der Waals surface area contributed by atoms with Crippen LogP contribution in [0.3, 0.4) is 0 Å². The van der Waals surface area contributed by atoms with Crippen LogP contribution < -0.4 is 4.74 Å². The van der Waals surface area contributed by atoms with Gasteiger partial charge in [0.2, 0.25) is 0 Å². The second-order valence-electron chi connectivity index (χ2n) is 7.94. The van der Waals surface area contributed by atoms with Crippen LogP contribution in [0.1, 0.15) is 22.6 Å². The molecule has 1 aliphatic carbocycles. The van der Waals surface area contributed by atoms with Crippen molar-refractivity contribution in [2.24, 2.45) is 7.05 Å². The average Bonchev–Trinajstić information content (AvgIpc) is 3.23. The van der Waals surface area contributed by atoms with E-state index in [2.05, 4.69) is 97.4 Å². The predicted octanol–water partition coefficient (Wildman–Crippen LogP) is 6.14. The topological polar surface area (TPSA) is 14.2 Å². The molecule has 0 spiro atoms. The number of aryl methyl sites for hydroxylation is 2. The molecular weight excluding hydrogens is 342 g/mol. The summed E-state index contributed by atoms with van der Waals surface area (Å²) in [4.78, 5) is 0. The number of hydrogen-bond acceptors (Lipinski definition) is 1. The van der Waals surface area contributed by atoms with Gasteiger partial charge in [-0.15, -0.1) is 0 Å². The maximum Gasteiger partial charge on any atom is 0.128 e. The summed E-state index contributed by atoms with van der Waals surface area (Å²) in [5.74, 6) is 1.31. The van der Waals surface area contributed by atoms with Gasteiger partial charge < -0.3 is 9.30 Å². The smallest absolute Gasteiger partial charge is 0.128 e. The number of fused-ring (bicyclic) bond motifs is 6. The van der Waals surface area contributed by atoms with Crippen molar-refractivity contribution in [1.82, 2.24) is 4.57 Å². The number of nitrogens with zero attached hydrogens (tertiary/aromatic N) is 1. The Kier molecular flexibility index (Phi) is 3.16. The van der Waals surface area contributed by atoms with Gasteiger partial charge in [0.15, 0.2) is 0 Å². The Labute approximate surface area is 164 Å². The lowest BCUT2D eigenvalue weighted by Gasteiger charge is -2.19. The van der Waals surface area contributed by atoms with Crippen LogP contribution in [0.25, 0.3) is 27.4 Å². The molecule has 0 radical (unpaired) electrons. The molecule has 6 rings (SSSR count). The Morgan fingerprint density at radius 1 is 0.893 bits per heavy atom. The zero-order valence-corrected chi connectivity index (χ0v) is 16.0. The summed E-state index contributed by atoms with van der Waals surface area (Å²) < 4.78 is 8.42. The highest BCUT2D eigenvalue weighted by atomic mass is 16.5. The molecule has 1 aromatic heterocycles. The molecule has 0 bridgehead atoms. The van der Waals surface area contributed by atoms with Crippen molar-refractivity contribution in [3.05, 3.63) is 95.6 Å². The average molecular weight is 363 g/mol. The quantitative estimate of drug-likeness (QED) is 0.396. The number of rotatable bonds is 1.